The van der Waals surface area contributed by atoms with E-state index in [2.05, 4.69) is 20.8 Å². The van der Waals surface area contributed by atoms with E-state index in [0.29, 0.717) is 28.8 Å². The average molecular weight is 382 g/mol. The third-order valence-corrected chi connectivity index (χ3v) is 4.11. The number of methoxy groups -OCH3 is 1. The Hall–Kier alpha value is -3.55. The van der Waals surface area contributed by atoms with Crippen molar-refractivity contribution in [3.05, 3.63) is 48.4 Å². The lowest BCUT2D eigenvalue weighted by Gasteiger charge is -2.12. The van der Waals surface area contributed by atoms with Crippen molar-refractivity contribution < 1.29 is 19.0 Å². The van der Waals surface area contributed by atoms with Gasteiger partial charge in [-0.05, 0) is 23.8 Å². The Bertz CT molecular complexity index is 974. The summed E-state index contributed by atoms with van der Waals surface area (Å²) in [6.07, 6.45) is 1.81. The number of benzene rings is 1. The summed E-state index contributed by atoms with van der Waals surface area (Å²) in [5.41, 5.74) is 7.89. The van der Waals surface area contributed by atoms with Crippen LogP contribution in [0.15, 0.2) is 47.1 Å². The number of hydrogen-bond donors (Lipinski definition) is 3. The van der Waals surface area contributed by atoms with Crippen LogP contribution in [-0.4, -0.2) is 18.3 Å². The van der Waals surface area contributed by atoms with Gasteiger partial charge >= 0.3 is 6.03 Å². The van der Waals surface area contributed by atoms with Gasteiger partial charge in [0.15, 0.2) is 5.82 Å². The minimum absolute atomic E-state index is 0.192. The van der Waals surface area contributed by atoms with Crippen molar-refractivity contribution >= 4 is 23.4 Å². The maximum Gasteiger partial charge on any atom is 0.325 e. The van der Waals surface area contributed by atoms with E-state index in [1.807, 2.05) is 39.0 Å². The first-order valence-electron chi connectivity index (χ1n) is 8.77. The van der Waals surface area contributed by atoms with Gasteiger partial charge in [-0.1, -0.05) is 32.0 Å². The fourth-order valence-corrected chi connectivity index (χ4v) is 2.55. The molecule has 0 spiro atoms. The minimum Gasteiger partial charge on any atom is -0.495 e. The number of nitrogens with zero attached hydrogens (tertiary/aromatic N) is 1. The maximum atomic E-state index is 12.3. The topological polar surface area (TPSA) is 117 Å². The van der Waals surface area contributed by atoms with Gasteiger partial charge in [-0.3, -0.25) is 11.1 Å². The molecule has 0 fully saturated rings. The fraction of sp³-hybridized carbons (Fsp3) is 0.250. The van der Waals surface area contributed by atoms with Crippen LogP contribution < -0.4 is 26.1 Å². The summed E-state index contributed by atoms with van der Waals surface area (Å²) in [6, 6.07) is 10.4. The van der Waals surface area contributed by atoms with E-state index in [0.717, 1.165) is 11.1 Å². The van der Waals surface area contributed by atoms with Gasteiger partial charge < -0.3 is 14.6 Å². The zero-order chi connectivity index (χ0) is 20.3. The highest BCUT2D eigenvalue weighted by atomic mass is 16.5. The standard InChI is InChI=1S/C20H23N5O3/c1-20(2,3)16-10-18(25-28-16)24-19(26)23-14-7-5-12(9-15(14)27-4)13-6-8-17(21)22-11-13/h5-11H,1-4H3,(H2,21,22)(H2,23,24,25,26)/p+1. The number of hydrogen-bond acceptors (Lipinski definition) is 5. The highest BCUT2D eigenvalue weighted by Gasteiger charge is 2.20. The molecule has 2 amide bonds. The van der Waals surface area contributed by atoms with Gasteiger partial charge in [0.05, 0.1) is 19.0 Å². The van der Waals surface area contributed by atoms with Gasteiger partial charge in [0.1, 0.15) is 11.5 Å². The molecular weight excluding hydrogens is 358 g/mol. The van der Waals surface area contributed by atoms with Crippen molar-refractivity contribution in [2.45, 2.75) is 26.2 Å². The predicted octanol–water partition coefficient (Wildman–Crippen LogP) is 3.69. The number of nitrogens with two attached hydrogens (primary N) is 1. The fourth-order valence-electron chi connectivity index (χ4n) is 2.55. The zero-order valence-corrected chi connectivity index (χ0v) is 16.3. The lowest BCUT2D eigenvalue weighted by molar-refractivity contribution is -0.359. The summed E-state index contributed by atoms with van der Waals surface area (Å²) in [5, 5.41) is 9.29. The Kier molecular flexibility index (Phi) is 5.21. The summed E-state index contributed by atoms with van der Waals surface area (Å²) in [6.45, 7) is 6.01. The van der Waals surface area contributed by atoms with Crippen LogP contribution in [0.5, 0.6) is 5.75 Å². The number of urea groups is 1. The van der Waals surface area contributed by atoms with E-state index in [-0.39, 0.29) is 5.41 Å². The molecule has 146 valence electrons. The van der Waals surface area contributed by atoms with Gasteiger partial charge in [0.2, 0.25) is 0 Å². The van der Waals surface area contributed by atoms with Crippen LogP contribution in [0, 0.1) is 0 Å². The second-order valence-corrected chi connectivity index (χ2v) is 7.35. The number of carbonyl (C=O) groups is 1. The second-order valence-electron chi connectivity index (χ2n) is 7.35. The molecule has 3 aromatic rings. The first kappa shape index (κ1) is 19.2. The summed E-state index contributed by atoms with van der Waals surface area (Å²) in [5.74, 6) is 2.13. The Balaban J connectivity index is 1.73. The third kappa shape index (κ3) is 4.40. The summed E-state index contributed by atoms with van der Waals surface area (Å²) < 4.78 is 10.7. The normalized spacial score (nSPS) is 11.1. The number of carbonyl (C=O) groups excluding carboxylic acids is 1. The smallest absolute Gasteiger partial charge is 0.325 e. The van der Waals surface area contributed by atoms with Crippen LogP contribution in [0.4, 0.5) is 22.1 Å². The molecule has 8 heteroatoms. The maximum absolute atomic E-state index is 12.3. The van der Waals surface area contributed by atoms with Crippen molar-refractivity contribution in [3.8, 4) is 16.9 Å². The minimum atomic E-state index is -0.444. The number of ether oxygens (including phenoxy) is 1. The zero-order valence-electron chi connectivity index (χ0n) is 16.3. The third-order valence-electron chi connectivity index (χ3n) is 4.11. The SMILES string of the molecule is COc1cc(-c2ccc(N)[nH+]c2)ccc1NC(=O)Nc1cc(C(C)(C)C)on1. The second kappa shape index (κ2) is 7.59. The largest absolute Gasteiger partial charge is 0.495 e. The molecule has 0 atom stereocenters. The first-order chi connectivity index (χ1) is 13.3. The molecule has 28 heavy (non-hydrogen) atoms. The van der Waals surface area contributed by atoms with Crippen molar-refractivity contribution in [2.24, 2.45) is 0 Å². The number of rotatable bonds is 4. The van der Waals surface area contributed by atoms with Crippen LogP contribution in [0.1, 0.15) is 26.5 Å². The van der Waals surface area contributed by atoms with Gasteiger partial charge in [0, 0.05) is 23.1 Å². The molecule has 2 heterocycles. The molecular formula is C20H24N5O3+. The number of aromatic nitrogens is 2. The number of pyridine rings is 1. The lowest BCUT2D eigenvalue weighted by Crippen LogP contribution is -2.20. The van der Waals surface area contributed by atoms with Gasteiger partial charge in [0.25, 0.3) is 5.82 Å². The number of anilines is 3. The Morgan fingerprint density at radius 2 is 1.89 bits per heavy atom. The molecule has 0 saturated heterocycles. The van der Waals surface area contributed by atoms with E-state index in [1.165, 1.54) is 0 Å². The van der Waals surface area contributed by atoms with E-state index < -0.39 is 6.03 Å². The van der Waals surface area contributed by atoms with Crippen molar-refractivity contribution in [1.82, 2.24) is 5.16 Å². The van der Waals surface area contributed by atoms with Crippen molar-refractivity contribution in [1.29, 1.82) is 0 Å². The lowest BCUT2D eigenvalue weighted by atomic mass is 9.93. The van der Waals surface area contributed by atoms with Gasteiger partial charge in [-0.25, -0.2) is 9.78 Å². The Morgan fingerprint density at radius 1 is 1.14 bits per heavy atom. The summed E-state index contributed by atoms with van der Waals surface area (Å²) in [4.78, 5) is 15.3. The van der Waals surface area contributed by atoms with Crippen LogP contribution in [-0.2, 0) is 5.41 Å². The number of nitrogens with one attached hydrogen (secondary N) is 3. The molecule has 0 unspecified atom stereocenters. The summed E-state index contributed by atoms with van der Waals surface area (Å²) in [7, 11) is 1.55. The Morgan fingerprint density at radius 3 is 2.50 bits per heavy atom. The number of aromatic amines is 1. The Labute approximate surface area is 163 Å². The average Bonchev–Trinajstić information content (AvgIpc) is 3.11. The highest BCUT2D eigenvalue weighted by Crippen LogP contribution is 2.31. The monoisotopic (exact) mass is 382 g/mol. The van der Waals surface area contributed by atoms with Crippen LogP contribution in [0.25, 0.3) is 11.1 Å². The molecule has 0 bridgehead atoms. The van der Waals surface area contributed by atoms with E-state index in [1.54, 1.807) is 31.5 Å². The van der Waals surface area contributed by atoms with Crippen LogP contribution >= 0.6 is 0 Å². The number of H-pyrrole nitrogens is 1. The summed E-state index contributed by atoms with van der Waals surface area (Å²) >= 11 is 0. The number of amides is 2. The van der Waals surface area contributed by atoms with Crippen molar-refractivity contribution in [2.75, 3.05) is 23.5 Å². The molecule has 0 aliphatic rings. The van der Waals surface area contributed by atoms with E-state index in [9.17, 15) is 4.79 Å². The molecule has 0 saturated carbocycles. The van der Waals surface area contributed by atoms with Crippen molar-refractivity contribution in [3.63, 3.8) is 0 Å². The van der Waals surface area contributed by atoms with Crippen LogP contribution in [0.3, 0.4) is 0 Å². The van der Waals surface area contributed by atoms with E-state index in [4.69, 9.17) is 15.0 Å². The molecule has 0 radical (unpaired) electrons. The highest BCUT2D eigenvalue weighted by molar-refractivity contribution is 6.00. The first-order valence-corrected chi connectivity index (χ1v) is 8.77. The molecule has 1 aromatic carbocycles. The quantitative estimate of drug-likeness (QED) is 0.636. The molecule has 3 rings (SSSR count). The van der Waals surface area contributed by atoms with Gasteiger partial charge in [-0.2, -0.15) is 0 Å². The van der Waals surface area contributed by atoms with E-state index >= 15 is 0 Å². The molecule has 0 aliphatic heterocycles. The molecule has 5 N–H and O–H groups in total. The molecule has 2 aromatic heterocycles. The van der Waals surface area contributed by atoms with Crippen LogP contribution in [0.2, 0.25) is 0 Å². The predicted molar refractivity (Wildman–Crippen MR) is 107 cm³/mol. The molecule has 8 nitrogen and oxygen atoms in total. The number of nitrogen functional groups attached to an aromatic ring is 1. The van der Waals surface area contributed by atoms with Gasteiger partial charge in [-0.15, -0.1) is 0 Å². The molecule has 0 aliphatic carbocycles.